The lowest BCUT2D eigenvalue weighted by molar-refractivity contribution is -0.130. The molecule has 0 saturated carbocycles. The van der Waals surface area contributed by atoms with Crippen LogP contribution in [0.15, 0.2) is 83.0 Å². The van der Waals surface area contributed by atoms with E-state index in [-0.39, 0.29) is 12.3 Å². The molecule has 1 atom stereocenters. The average Bonchev–Trinajstić information content (AvgIpc) is 3.05. The summed E-state index contributed by atoms with van der Waals surface area (Å²) >= 11 is 3.47. The molecule has 6 heteroatoms. The molecule has 0 fully saturated rings. The van der Waals surface area contributed by atoms with Gasteiger partial charge in [-0.05, 0) is 35.4 Å². The van der Waals surface area contributed by atoms with Gasteiger partial charge in [0.25, 0.3) is 5.91 Å². The standard InChI is InChI=1S/C25H22BrNO4/c1-30-20-13-10-18(21(14-20)31-2)15-27-23(17-8-11-19(26)12-9-17)22(24(28)25(27)29)16-6-4-3-5-7-16/h3-14,23,28H,15H2,1-2H3. The number of aliphatic hydroxyl groups is 1. The Morgan fingerprint density at radius 1 is 0.968 bits per heavy atom. The monoisotopic (exact) mass is 479 g/mol. The van der Waals surface area contributed by atoms with Gasteiger partial charge in [0, 0.05) is 21.7 Å². The van der Waals surface area contributed by atoms with Crippen LogP contribution in [0.5, 0.6) is 11.5 Å². The van der Waals surface area contributed by atoms with E-state index in [1.165, 1.54) is 0 Å². The zero-order valence-electron chi connectivity index (χ0n) is 17.2. The van der Waals surface area contributed by atoms with Crippen LogP contribution in [0, 0.1) is 0 Å². The number of halogens is 1. The van der Waals surface area contributed by atoms with Crippen molar-refractivity contribution in [2.75, 3.05) is 14.2 Å². The molecule has 31 heavy (non-hydrogen) atoms. The first kappa shape index (κ1) is 21.0. The third kappa shape index (κ3) is 4.03. The van der Waals surface area contributed by atoms with Gasteiger partial charge in [-0.3, -0.25) is 4.79 Å². The van der Waals surface area contributed by atoms with E-state index in [9.17, 15) is 9.90 Å². The van der Waals surface area contributed by atoms with Gasteiger partial charge in [0.15, 0.2) is 5.76 Å². The molecule has 1 aliphatic heterocycles. The molecular formula is C25H22BrNO4. The molecule has 3 aromatic carbocycles. The van der Waals surface area contributed by atoms with Crippen LogP contribution in [-0.2, 0) is 11.3 Å². The second-order valence-electron chi connectivity index (χ2n) is 7.19. The molecule has 3 aromatic rings. The van der Waals surface area contributed by atoms with E-state index in [0.717, 1.165) is 21.2 Å². The summed E-state index contributed by atoms with van der Waals surface area (Å²) in [6.07, 6.45) is 0. The van der Waals surface area contributed by atoms with E-state index in [1.54, 1.807) is 25.2 Å². The average molecular weight is 480 g/mol. The topological polar surface area (TPSA) is 59.0 Å². The van der Waals surface area contributed by atoms with Crippen molar-refractivity contribution in [2.45, 2.75) is 12.6 Å². The predicted octanol–water partition coefficient (Wildman–Crippen LogP) is 5.52. The van der Waals surface area contributed by atoms with Crippen LogP contribution in [0.1, 0.15) is 22.7 Å². The van der Waals surface area contributed by atoms with Crippen LogP contribution in [-0.4, -0.2) is 30.1 Å². The zero-order valence-corrected chi connectivity index (χ0v) is 18.8. The van der Waals surface area contributed by atoms with E-state index in [1.807, 2.05) is 66.7 Å². The Labute approximate surface area is 189 Å². The molecule has 0 aliphatic carbocycles. The Hall–Kier alpha value is -3.25. The molecule has 0 spiro atoms. The summed E-state index contributed by atoms with van der Waals surface area (Å²) in [6.45, 7) is 0.271. The maximum atomic E-state index is 13.2. The SMILES string of the molecule is COc1ccc(CN2C(=O)C(O)=C(c3ccccc3)C2c2ccc(Br)cc2)c(OC)c1. The summed E-state index contributed by atoms with van der Waals surface area (Å²) in [5.41, 5.74) is 3.14. The number of hydrogen-bond acceptors (Lipinski definition) is 4. The summed E-state index contributed by atoms with van der Waals surface area (Å²) in [7, 11) is 3.18. The Balaban J connectivity index is 1.80. The maximum Gasteiger partial charge on any atom is 0.290 e. The third-order valence-corrected chi connectivity index (χ3v) is 5.94. The van der Waals surface area contributed by atoms with Gasteiger partial charge < -0.3 is 19.5 Å². The zero-order chi connectivity index (χ0) is 22.0. The number of amides is 1. The number of benzene rings is 3. The van der Waals surface area contributed by atoms with E-state index in [4.69, 9.17) is 9.47 Å². The van der Waals surface area contributed by atoms with Crippen molar-refractivity contribution in [2.24, 2.45) is 0 Å². The summed E-state index contributed by atoms with van der Waals surface area (Å²) in [5.74, 6) is 0.648. The van der Waals surface area contributed by atoms with Crippen LogP contribution in [0.2, 0.25) is 0 Å². The molecule has 1 heterocycles. The minimum atomic E-state index is -0.435. The van der Waals surface area contributed by atoms with Gasteiger partial charge in [0.05, 0.1) is 26.8 Å². The highest BCUT2D eigenvalue weighted by Gasteiger charge is 2.41. The number of hydrogen-bond donors (Lipinski definition) is 1. The van der Waals surface area contributed by atoms with E-state index in [2.05, 4.69) is 15.9 Å². The minimum Gasteiger partial charge on any atom is -0.503 e. The first-order valence-electron chi connectivity index (χ1n) is 9.79. The van der Waals surface area contributed by atoms with Crippen LogP contribution in [0.25, 0.3) is 5.57 Å². The van der Waals surface area contributed by atoms with Crippen molar-refractivity contribution in [3.63, 3.8) is 0 Å². The fourth-order valence-electron chi connectivity index (χ4n) is 3.89. The summed E-state index contributed by atoms with van der Waals surface area (Å²) in [6, 6.07) is 22.4. The van der Waals surface area contributed by atoms with Crippen molar-refractivity contribution < 1.29 is 19.4 Å². The number of nitrogens with zero attached hydrogens (tertiary/aromatic N) is 1. The molecule has 0 saturated heterocycles. The van der Waals surface area contributed by atoms with Crippen molar-refractivity contribution in [1.29, 1.82) is 0 Å². The summed E-state index contributed by atoms with van der Waals surface area (Å²) in [5, 5.41) is 10.9. The molecule has 1 amide bonds. The lowest BCUT2D eigenvalue weighted by atomic mass is 9.93. The Bertz CT molecular complexity index is 1130. The highest BCUT2D eigenvalue weighted by atomic mass is 79.9. The van der Waals surface area contributed by atoms with Gasteiger partial charge >= 0.3 is 0 Å². The first-order chi connectivity index (χ1) is 15.0. The molecule has 0 aromatic heterocycles. The first-order valence-corrected chi connectivity index (χ1v) is 10.6. The number of carbonyl (C=O) groups is 1. The predicted molar refractivity (Wildman–Crippen MR) is 123 cm³/mol. The van der Waals surface area contributed by atoms with Crippen molar-refractivity contribution in [1.82, 2.24) is 4.90 Å². The summed E-state index contributed by atoms with van der Waals surface area (Å²) in [4.78, 5) is 14.9. The second-order valence-corrected chi connectivity index (χ2v) is 8.11. The molecule has 0 bridgehead atoms. The van der Waals surface area contributed by atoms with Crippen LogP contribution in [0.4, 0.5) is 0 Å². The smallest absolute Gasteiger partial charge is 0.290 e. The molecule has 1 unspecified atom stereocenters. The molecule has 5 nitrogen and oxygen atoms in total. The van der Waals surface area contributed by atoms with Gasteiger partial charge in [-0.2, -0.15) is 0 Å². The molecule has 1 aliphatic rings. The largest absolute Gasteiger partial charge is 0.503 e. The lowest BCUT2D eigenvalue weighted by Crippen LogP contribution is -2.30. The fourth-order valence-corrected chi connectivity index (χ4v) is 4.15. The van der Waals surface area contributed by atoms with Crippen molar-refractivity contribution >= 4 is 27.4 Å². The number of aliphatic hydroxyl groups excluding tert-OH is 1. The van der Waals surface area contributed by atoms with Gasteiger partial charge in [-0.1, -0.05) is 58.4 Å². The fraction of sp³-hybridized carbons (Fsp3) is 0.160. The molecule has 158 valence electrons. The highest BCUT2D eigenvalue weighted by Crippen LogP contribution is 2.44. The molecule has 1 N–H and O–H groups in total. The molecule has 4 rings (SSSR count). The minimum absolute atomic E-state index is 0.230. The van der Waals surface area contributed by atoms with Gasteiger partial charge in [-0.25, -0.2) is 0 Å². The molecule has 0 radical (unpaired) electrons. The Morgan fingerprint density at radius 3 is 2.32 bits per heavy atom. The number of methoxy groups -OCH3 is 2. The van der Waals surface area contributed by atoms with Crippen LogP contribution < -0.4 is 9.47 Å². The normalized spacial score (nSPS) is 16.0. The van der Waals surface area contributed by atoms with E-state index < -0.39 is 11.9 Å². The second kappa shape index (κ2) is 8.86. The van der Waals surface area contributed by atoms with Gasteiger partial charge in [0.2, 0.25) is 0 Å². The molecular weight excluding hydrogens is 458 g/mol. The van der Waals surface area contributed by atoms with E-state index in [0.29, 0.717) is 17.1 Å². The van der Waals surface area contributed by atoms with Crippen molar-refractivity contribution in [3.8, 4) is 11.5 Å². The Morgan fingerprint density at radius 2 is 1.68 bits per heavy atom. The number of carbonyl (C=O) groups excluding carboxylic acids is 1. The highest BCUT2D eigenvalue weighted by molar-refractivity contribution is 9.10. The number of rotatable bonds is 6. The van der Waals surface area contributed by atoms with Crippen LogP contribution >= 0.6 is 15.9 Å². The van der Waals surface area contributed by atoms with E-state index >= 15 is 0 Å². The third-order valence-electron chi connectivity index (χ3n) is 5.41. The Kier molecular flexibility index (Phi) is 6.00. The van der Waals surface area contributed by atoms with Crippen LogP contribution in [0.3, 0.4) is 0 Å². The number of ether oxygens (including phenoxy) is 2. The van der Waals surface area contributed by atoms with Gasteiger partial charge in [0.1, 0.15) is 11.5 Å². The maximum absolute atomic E-state index is 13.2. The lowest BCUT2D eigenvalue weighted by Gasteiger charge is -2.28. The van der Waals surface area contributed by atoms with Crippen molar-refractivity contribution in [3.05, 3.63) is 99.7 Å². The van der Waals surface area contributed by atoms with Gasteiger partial charge in [-0.15, -0.1) is 0 Å². The summed E-state index contributed by atoms with van der Waals surface area (Å²) < 4.78 is 11.8. The quantitative estimate of drug-likeness (QED) is 0.505.